The Kier molecular flexibility index (Phi) is 6.75. The second-order valence-electron chi connectivity index (χ2n) is 7.45. The third-order valence-electron chi connectivity index (χ3n) is 5.57. The number of urea groups is 1. The monoisotopic (exact) mass is 417 g/mol. The van der Waals surface area contributed by atoms with E-state index in [2.05, 4.69) is 10.6 Å². The second-order valence-corrected chi connectivity index (χ2v) is 7.89. The SMILES string of the molecule is Cc1c(F)cccc1NC(=O)[C@@H](C)C1CCN(C(=O)Nc2ccc(Cl)cc2)CC1. The molecule has 1 fully saturated rings. The lowest BCUT2D eigenvalue weighted by molar-refractivity contribution is -0.121. The third kappa shape index (κ3) is 5.26. The van der Waals surface area contributed by atoms with Crippen molar-refractivity contribution in [3.63, 3.8) is 0 Å². The Balaban J connectivity index is 1.51. The zero-order valence-corrected chi connectivity index (χ0v) is 17.3. The maximum absolute atomic E-state index is 13.7. The minimum atomic E-state index is -0.338. The molecule has 154 valence electrons. The first kappa shape index (κ1) is 21.1. The molecule has 1 atom stereocenters. The normalized spacial score (nSPS) is 15.7. The van der Waals surface area contributed by atoms with E-state index >= 15 is 0 Å². The van der Waals surface area contributed by atoms with Crippen molar-refractivity contribution in [2.75, 3.05) is 23.7 Å². The standard InChI is InChI=1S/C22H25ClFN3O2/c1-14(21(28)26-20-5-3-4-19(24)15(20)2)16-10-12-27(13-11-16)22(29)25-18-8-6-17(23)7-9-18/h3-9,14,16H,10-13H2,1-2H3,(H,25,29)(H,26,28)/t14-/m0/s1. The van der Waals surface area contributed by atoms with Gasteiger partial charge in [0.2, 0.25) is 5.91 Å². The maximum Gasteiger partial charge on any atom is 0.321 e. The third-order valence-corrected chi connectivity index (χ3v) is 5.82. The van der Waals surface area contributed by atoms with Gasteiger partial charge < -0.3 is 15.5 Å². The number of nitrogens with zero attached hydrogens (tertiary/aromatic N) is 1. The summed E-state index contributed by atoms with van der Waals surface area (Å²) in [6.45, 7) is 4.70. The highest BCUT2D eigenvalue weighted by molar-refractivity contribution is 6.30. The molecule has 1 heterocycles. The van der Waals surface area contributed by atoms with Crippen LogP contribution in [0.2, 0.25) is 5.02 Å². The van der Waals surface area contributed by atoms with Crippen LogP contribution in [-0.2, 0) is 4.79 Å². The number of carbonyl (C=O) groups excluding carboxylic acids is 2. The molecular weight excluding hydrogens is 393 g/mol. The Hall–Kier alpha value is -2.60. The van der Waals surface area contributed by atoms with Crippen molar-refractivity contribution >= 4 is 34.9 Å². The summed E-state index contributed by atoms with van der Waals surface area (Å²) in [6, 6.07) is 11.5. The summed E-state index contributed by atoms with van der Waals surface area (Å²) >= 11 is 5.86. The minimum Gasteiger partial charge on any atom is -0.326 e. The van der Waals surface area contributed by atoms with Gasteiger partial charge in [0.1, 0.15) is 5.82 Å². The number of likely N-dealkylation sites (tertiary alicyclic amines) is 1. The predicted octanol–water partition coefficient (Wildman–Crippen LogP) is 5.31. The molecule has 0 aliphatic carbocycles. The van der Waals surface area contributed by atoms with E-state index in [4.69, 9.17) is 11.6 Å². The summed E-state index contributed by atoms with van der Waals surface area (Å²) in [6.07, 6.45) is 1.48. The van der Waals surface area contributed by atoms with Crippen molar-refractivity contribution in [1.82, 2.24) is 4.90 Å². The molecule has 1 saturated heterocycles. The topological polar surface area (TPSA) is 61.4 Å². The number of anilines is 2. The van der Waals surface area contributed by atoms with Crippen molar-refractivity contribution < 1.29 is 14.0 Å². The van der Waals surface area contributed by atoms with Crippen LogP contribution in [0.4, 0.5) is 20.6 Å². The lowest BCUT2D eigenvalue weighted by atomic mass is 9.85. The van der Waals surface area contributed by atoms with Crippen molar-refractivity contribution in [3.8, 4) is 0 Å². The van der Waals surface area contributed by atoms with Gasteiger partial charge in [-0.2, -0.15) is 0 Å². The van der Waals surface area contributed by atoms with E-state index in [1.54, 1.807) is 48.2 Å². The van der Waals surface area contributed by atoms with Crippen LogP contribution in [0.15, 0.2) is 42.5 Å². The van der Waals surface area contributed by atoms with Crippen molar-refractivity contribution in [2.45, 2.75) is 26.7 Å². The van der Waals surface area contributed by atoms with Gasteiger partial charge in [0.25, 0.3) is 0 Å². The Morgan fingerprint density at radius 3 is 2.41 bits per heavy atom. The molecule has 3 amide bonds. The molecule has 0 radical (unpaired) electrons. The molecule has 2 aromatic carbocycles. The van der Waals surface area contributed by atoms with Crippen LogP contribution < -0.4 is 10.6 Å². The van der Waals surface area contributed by atoms with Gasteiger partial charge >= 0.3 is 6.03 Å². The smallest absolute Gasteiger partial charge is 0.321 e. The molecule has 1 aliphatic heterocycles. The number of hydrogen-bond donors (Lipinski definition) is 2. The van der Waals surface area contributed by atoms with E-state index in [0.717, 1.165) is 12.8 Å². The molecule has 1 aliphatic rings. The van der Waals surface area contributed by atoms with E-state index in [0.29, 0.717) is 35.1 Å². The summed E-state index contributed by atoms with van der Waals surface area (Å²) in [5, 5.41) is 6.32. The molecule has 0 aromatic heterocycles. The fourth-order valence-corrected chi connectivity index (χ4v) is 3.67. The summed E-state index contributed by atoms with van der Waals surface area (Å²) in [5.74, 6) is -0.513. The summed E-state index contributed by atoms with van der Waals surface area (Å²) in [4.78, 5) is 26.8. The largest absolute Gasteiger partial charge is 0.326 e. The lowest BCUT2D eigenvalue weighted by Gasteiger charge is -2.34. The number of nitrogens with one attached hydrogen (secondary N) is 2. The van der Waals surface area contributed by atoms with Crippen molar-refractivity contribution in [2.24, 2.45) is 11.8 Å². The summed E-state index contributed by atoms with van der Waals surface area (Å²) < 4.78 is 13.7. The van der Waals surface area contributed by atoms with E-state index in [-0.39, 0.29) is 29.6 Å². The molecule has 0 spiro atoms. The molecule has 0 saturated carbocycles. The molecule has 7 heteroatoms. The first-order valence-electron chi connectivity index (χ1n) is 9.72. The van der Waals surface area contributed by atoms with Crippen LogP contribution in [-0.4, -0.2) is 29.9 Å². The molecular formula is C22H25ClFN3O2. The van der Waals surface area contributed by atoms with Crippen LogP contribution in [0.3, 0.4) is 0 Å². The summed E-state index contributed by atoms with van der Waals surface area (Å²) in [5.41, 5.74) is 1.63. The first-order valence-corrected chi connectivity index (χ1v) is 10.1. The molecule has 3 rings (SSSR count). The van der Waals surface area contributed by atoms with E-state index in [1.165, 1.54) is 6.07 Å². The number of benzene rings is 2. The second kappa shape index (κ2) is 9.27. The van der Waals surface area contributed by atoms with Gasteiger partial charge in [0.15, 0.2) is 0 Å². The number of hydrogen-bond acceptors (Lipinski definition) is 2. The highest BCUT2D eigenvalue weighted by atomic mass is 35.5. The van der Waals surface area contributed by atoms with Crippen LogP contribution in [0.25, 0.3) is 0 Å². The van der Waals surface area contributed by atoms with Crippen molar-refractivity contribution in [3.05, 3.63) is 58.9 Å². The number of carbonyl (C=O) groups is 2. The first-order chi connectivity index (χ1) is 13.8. The van der Waals surface area contributed by atoms with Crippen LogP contribution in [0, 0.1) is 24.6 Å². The molecule has 5 nitrogen and oxygen atoms in total. The van der Waals surface area contributed by atoms with E-state index in [1.807, 2.05) is 6.92 Å². The van der Waals surface area contributed by atoms with Gasteiger partial charge in [-0.25, -0.2) is 9.18 Å². The van der Waals surface area contributed by atoms with Crippen LogP contribution in [0.5, 0.6) is 0 Å². The quantitative estimate of drug-likeness (QED) is 0.708. The Morgan fingerprint density at radius 1 is 1.10 bits per heavy atom. The van der Waals surface area contributed by atoms with Gasteiger partial charge in [-0.1, -0.05) is 24.6 Å². The molecule has 0 unspecified atom stereocenters. The Labute approximate surface area is 175 Å². The molecule has 2 aromatic rings. The number of amides is 3. The summed E-state index contributed by atoms with van der Waals surface area (Å²) in [7, 11) is 0. The predicted molar refractivity (Wildman–Crippen MR) is 114 cm³/mol. The average Bonchev–Trinajstić information content (AvgIpc) is 2.72. The number of halogens is 2. The van der Waals surface area contributed by atoms with Gasteiger partial charge in [-0.3, -0.25) is 4.79 Å². The van der Waals surface area contributed by atoms with Gasteiger partial charge in [0, 0.05) is 41.0 Å². The molecule has 29 heavy (non-hydrogen) atoms. The van der Waals surface area contributed by atoms with Crippen molar-refractivity contribution in [1.29, 1.82) is 0 Å². The molecule has 2 N–H and O–H groups in total. The highest BCUT2D eigenvalue weighted by Crippen LogP contribution is 2.27. The molecule has 0 bridgehead atoms. The lowest BCUT2D eigenvalue weighted by Crippen LogP contribution is -2.43. The van der Waals surface area contributed by atoms with E-state index < -0.39 is 0 Å². The van der Waals surface area contributed by atoms with Gasteiger partial charge in [-0.05, 0) is 62.1 Å². The highest BCUT2D eigenvalue weighted by Gasteiger charge is 2.30. The van der Waals surface area contributed by atoms with Gasteiger partial charge in [-0.15, -0.1) is 0 Å². The van der Waals surface area contributed by atoms with Gasteiger partial charge in [0.05, 0.1) is 0 Å². The fourth-order valence-electron chi connectivity index (χ4n) is 3.54. The zero-order valence-electron chi connectivity index (χ0n) is 16.5. The number of rotatable bonds is 4. The van der Waals surface area contributed by atoms with E-state index in [9.17, 15) is 14.0 Å². The minimum absolute atomic E-state index is 0.122. The zero-order chi connectivity index (χ0) is 21.0. The Morgan fingerprint density at radius 2 is 1.76 bits per heavy atom. The Bertz CT molecular complexity index is 880. The maximum atomic E-state index is 13.7. The number of piperidine rings is 1. The fraction of sp³-hybridized carbons (Fsp3) is 0.364. The van der Waals surface area contributed by atoms with Crippen LogP contribution in [0.1, 0.15) is 25.3 Å². The van der Waals surface area contributed by atoms with Crippen LogP contribution >= 0.6 is 11.6 Å². The average molecular weight is 418 g/mol.